The van der Waals surface area contributed by atoms with E-state index in [0.717, 1.165) is 0 Å². The summed E-state index contributed by atoms with van der Waals surface area (Å²) in [5.41, 5.74) is 0. The van der Waals surface area contributed by atoms with Crippen LogP contribution in [0.3, 0.4) is 0 Å². The molecule has 1 aromatic heterocycles. The molecule has 0 amide bonds. The summed E-state index contributed by atoms with van der Waals surface area (Å²) in [6, 6.07) is 2.41. The second kappa shape index (κ2) is 10.6. The first kappa shape index (κ1) is 18.0. The van der Waals surface area contributed by atoms with Gasteiger partial charge in [-0.25, -0.2) is 4.58 Å². The van der Waals surface area contributed by atoms with E-state index < -0.39 is 0 Å². The van der Waals surface area contributed by atoms with Crippen molar-refractivity contribution in [3.63, 3.8) is 0 Å². The van der Waals surface area contributed by atoms with Gasteiger partial charge in [0.25, 0.3) is 4.67 Å². The second-order valence-electron chi connectivity index (χ2n) is 4.93. The molecule has 1 aliphatic heterocycles. The minimum atomic E-state index is 0. The van der Waals surface area contributed by atoms with Crippen LogP contribution >= 0.6 is 32.4 Å². The zero-order chi connectivity index (χ0) is 12.6. The topological polar surface area (TPSA) is 3.01 Å². The summed E-state index contributed by atoms with van der Waals surface area (Å²) in [6.07, 6.45) is 9.72. The number of unbranched alkanes of at least 4 members (excludes halogenated alkanes) is 4. The van der Waals surface area contributed by atoms with Gasteiger partial charge >= 0.3 is 0 Å². The van der Waals surface area contributed by atoms with Crippen LogP contribution in [-0.2, 0) is 0 Å². The molecule has 19 heavy (non-hydrogen) atoms. The van der Waals surface area contributed by atoms with Crippen molar-refractivity contribution in [2.45, 2.75) is 56.1 Å². The van der Waals surface area contributed by atoms with Crippen LogP contribution in [0.15, 0.2) is 10.3 Å². The first-order chi connectivity index (χ1) is 8.90. The van der Waals surface area contributed by atoms with Crippen LogP contribution in [-0.4, -0.2) is 18.8 Å². The molecule has 0 saturated carbocycles. The van der Waals surface area contributed by atoms with Crippen LogP contribution in [0.2, 0.25) is 0 Å². The highest BCUT2D eigenvalue weighted by molar-refractivity contribution is 8.02. The minimum absolute atomic E-state index is 0. The Bertz CT molecular complexity index is 403. The predicted octanol–water partition coefficient (Wildman–Crippen LogP) is 1.44. The van der Waals surface area contributed by atoms with Crippen molar-refractivity contribution in [3.05, 3.63) is 10.7 Å². The lowest BCUT2D eigenvalue weighted by Crippen LogP contribution is -3.00. The van der Waals surface area contributed by atoms with Crippen molar-refractivity contribution >= 4 is 32.4 Å². The summed E-state index contributed by atoms with van der Waals surface area (Å²) in [4.78, 5) is 0. The normalized spacial score (nSPS) is 14.7. The molecule has 0 N–H and O–H groups in total. The molecule has 0 spiro atoms. The third-order valence-corrected chi connectivity index (χ3v) is 7.39. The van der Waals surface area contributed by atoms with Gasteiger partial charge in [0.2, 0.25) is 0 Å². The van der Waals surface area contributed by atoms with E-state index in [9.17, 15) is 0 Å². The summed E-state index contributed by atoms with van der Waals surface area (Å²) >= 11 is 2.06. The maximum Gasteiger partial charge on any atom is 0.268 e. The fourth-order valence-corrected chi connectivity index (χ4v) is 6.22. The first-order valence-electron chi connectivity index (χ1n) is 7.21. The number of rotatable bonds is 7. The Kier molecular flexibility index (Phi) is 10.1. The van der Waals surface area contributed by atoms with Crippen LogP contribution in [0.5, 0.6) is 0 Å². The molecule has 5 heteroatoms. The smallest absolute Gasteiger partial charge is 0.268 e. The number of nitrogens with zero attached hydrogens (tertiary/aromatic N) is 1. The van der Waals surface area contributed by atoms with Crippen molar-refractivity contribution in [2.24, 2.45) is 0 Å². The van der Waals surface area contributed by atoms with Gasteiger partial charge in [-0.3, -0.25) is 0 Å². The highest BCUT2D eigenvalue weighted by Gasteiger charge is 2.14. The molecule has 1 nitrogen and oxygen atoms in total. The Hall–Kier alpha value is 0.930. The maximum absolute atomic E-state index is 2.55. The lowest BCUT2D eigenvalue weighted by Gasteiger charge is -1.98. The van der Waals surface area contributed by atoms with E-state index in [1.807, 2.05) is 20.7 Å². The zero-order valence-electron chi connectivity index (χ0n) is 11.7. The number of hydrogen-bond acceptors (Lipinski definition) is 3. The highest BCUT2D eigenvalue weighted by atomic mass is 127. The lowest BCUT2D eigenvalue weighted by molar-refractivity contribution is -0.00000364. The molecule has 1 aromatic rings. The lowest BCUT2D eigenvalue weighted by atomic mass is 10.2. The summed E-state index contributed by atoms with van der Waals surface area (Å²) < 4.78 is 5.58. The molecule has 0 bridgehead atoms. The third kappa shape index (κ3) is 6.48. The van der Waals surface area contributed by atoms with Gasteiger partial charge in [-0.05, 0) is 22.5 Å². The van der Waals surface area contributed by atoms with Crippen molar-refractivity contribution in [2.75, 3.05) is 18.8 Å². The molecule has 2 heterocycles. The van der Waals surface area contributed by atoms with E-state index in [4.69, 9.17) is 0 Å². The average molecular weight is 429 g/mol. The number of halogens is 1. The monoisotopic (exact) mass is 429 g/mol. The van der Waals surface area contributed by atoms with Gasteiger partial charge in [-0.1, -0.05) is 42.9 Å². The Labute approximate surface area is 145 Å². The molecule has 0 aliphatic carbocycles. The van der Waals surface area contributed by atoms with E-state index in [-0.39, 0.29) is 24.0 Å². The van der Waals surface area contributed by atoms with Gasteiger partial charge in [0.1, 0.15) is 13.1 Å². The van der Waals surface area contributed by atoms with E-state index >= 15 is 0 Å². The molecule has 1 fully saturated rings. The Morgan fingerprint density at radius 2 is 1.84 bits per heavy atom. The summed E-state index contributed by atoms with van der Waals surface area (Å²) in [5, 5.41) is 0. The molecule has 0 aromatic carbocycles. The molecule has 1 saturated heterocycles. The van der Waals surface area contributed by atoms with Crippen LogP contribution in [0, 0.1) is 0 Å². The fraction of sp³-hybridized carbons (Fsp3) is 0.786. The standard InChI is InChI=1S/C14H24NS3.HI/c1-2-3-4-5-8-11-16-14-12-13(17-18-14)15-9-6-7-10-15;/h12H,2-11H2,1H3;1H/q+1;/p-1. The fourth-order valence-electron chi connectivity index (χ4n) is 2.26. The van der Waals surface area contributed by atoms with E-state index in [0.29, 0.717) is 0 Å². The van der Waals surface area contributed by atoms with Crippen LogP contribution in [0.4, 0.5) is 0 Å². The molecular weight excluding hydrogens is 405 g/mol. The van der Waals surface area contributed by atoms with E-state index in [2.05, 4.69) is 29.3 Å². The van der Waals surface area contributed by atoms with Crippen molar-refractivity contribution < 1.29 is 24.0 Å². The first-order valence-corrected chi connectivity index (χ1v) is 10.3. The molecule has 2 rings (SSSR count). The quantitative estimate of drug-likeness (QED) is 0.209. The van der Waals surface area contributed by atoms with Gasteiger partial charge in [-0.15, -0.1) is 11.8 Å². The molecule has 110 valence electrons. The maximum atomic E-state index is 2.55. The third-order valence-electron chi connectivity index (χ3n) is 3.36. The largest absolute Gasteiger partial charge is 1.00 e. The number of hydrogen-bond donors (Lipinski definition) is 0. The molecular formula is C14H24INS3. The van der Waals surface area contributed by atoms with Gasteiger partial charge in [-0.2, -0.15) is 0 Å². The Morgan fingerprint density at radius 1 is 1.11 bits per heavy atom. The van der Waals surface area contributed by atoms with Crippen LogP contribution in [0.25, 0.3) is 0 Å². The summed E-state index contributed by atoms with van der Waals surface area (Å²) in [5.74, 6) is 1.30. The zero-order valence-corrected chi connectivity index (χ0v) is 16.3. The Morgan fingerprint density at radius 3 is 2.58 bits per heavy atom. The highest BCUT2D eigenvalue weighted by Crippen LogP contribution is 2.25. The van der Waals surface area contributed by atoms with Crippen molar-refractivity contribution in [1.82, 2.24) is 4.58 Å². The molecule has 0 unspecified atom stereocenters. The molecule has 1 aliphatic rings. The minimum Gasteiger partial charge on any atom is -1.00 e. The SMILES string of the molecule is CCCCCCCSc1cc(=[N+]2CCCC2)ss1.[I-]. The molecule has 0 radical (unpaired) electrons. The predicted molar refractivity (Wildman–Crippen MR) is 85.9 cm³/mol. The van der Waals surface area contributed by atoms with Gasteiger partial charge in [0.05, 0.1) is 4.21 Å². The van der Waals surface area contributed by atoms with Gasteiger partial charge < -0.3 is 24.0 Å². The van der Waals surface area contributed by atoms with Gasteiger partial charge in [0, 0.05) is 18.9 Å². The average Bonchev–Trinajstić information content (AvgIpc) is 3.03. The molecule has 0 atom stereocenters. The Balaban J connectivity index is 0.00000180. The summed E-state index contributed by atoms with van der Waals surface area (Å²) in [6.45, 7) is 4.82. The van der Waals surface area contributed by atoms with Crippen LogP contribution < -0.4 is 33.2 Å². The van der Waals surface area contributed by atoms with E-state index in [1.165, 1.54) is 72.7 Å². The second-order valence-corrected chi connectivity index (χ2v) is 8.51. The van der Waals surface area contributed by atoms with Crippen molar-refractivity contribution in [3.8, 4) is 0 Å². The van der Waals surface area contributed by atoms with Gasteiger partial charge in [0.15, 0.2) is 0 Å². The van der Waals surface area contributed by atoms with Crippen LogP contribution in [0.1, 0.15) is 51.9 Å². The summed E-state index contributed by atoms with van der Waals surface area (Å²) in [7, 11) is 3.93. The number of thioether (sulfide) groups is 1. The van der Waals surface area contributed by atoms with Crippen molar-refractivity contribution in [1.29, 1.82) is 0 Å². The van der Waals surface area contributed by atoms with E-state index in [1.54, 1.807) is 0 Å².